The monoisotopic (exact) mass is 394 g/mol. The van der Waals surface area contributed by atoms with Crippen molar-refractivity contribution in [2.24, 2.45) is 0 Å². The molecule has 6 nitrogen and oxygen atoms in total. The average molecular weight is 394 g/mol. The summed E-state index contributed by atoms with van der Waals surface area (Å²) in [7, 11) is 1.56. The molecule has 1 aliphatic rings. The van der Waals surface area contributed by atoms with Crippen molar-refractivity contribution in [3.8, 4) is 6.07 Å². The van der Waals surface area contributed by atoms with E-state index < -0.39 is 0 Å². The molecule has 29 heavy (non-hydrogen) atoms. The zero-order valence-corrected chi connectivity index (χ0v) is 16.5. The summed E-state index contributed by atoms with van der Waals surface area (Å²) in [6.45, 7) is 2.63. The number of carbonyl (C=O) groups excluding carboxylic acids is 1. The quantitative estimate of drug-likeness (QED) is 0.667. The SMILES string of the molecule is CCc1cc2c(C(=O)NC)c(C3=CC=C(F)CC=C3)oc2nc1NCCCC#N. The molecule has 0 spiro atoms. The number of aromatic nitrogens is 1. The summed E-state index contributed by atoms with van der Waals surface area (Å²) in [5.41, 5.74) is 2.27. The Morgan fingerprint density at radius 2 is 2.24 bits per heavy atom. The highest BCUT2D eigenvalue weighted by atomic mass is 19.1. The number of anilines is 1. The second kappa shape index (κ2) is 9.20. The van der Waals surface area contributed by atoms with E-state index in [-0.39, 0.29) is 18.2 Å². The third-order valence-electron chi connectivity index (χ3n) is 4.67. The van der Waals surface area contributed by atoms with E-state index in [1.807, 2.05) is 13.0 Å². The van der Waals surface area contributed by atoms with Gasteiger partial charge in [-0.25, -0.2) is 4.39 Å². The van der Waals surface area contributed by atoms with Gasteiger partial charge in [0.25, 0.3) is 5.91 Å². The second-order valence-electron chi connectivity index (χ2n) is 6.62. The summed E-state index contributed by atoms with van der Waals surface area (Å²) in [5, 5.41) is 15.2. The molecule has 2 N–H and O–H groups in total. The summed E-state index contributed by atoms with van der Waals surface area (Å²) in [4.78, 5) is 17.2. The first-order valence-corrected chi connectivity index (χ1v) is 9.61. The Labute approximate surface area is 168 Å². The van der Waals surface area contributed by atoms with Crippen molar-refractivity contribution in [2.45, 2.75) is 32.6 Å². The Morgan fingerprint density at radius 3 is 2.97 bits per heavy atom. The molecule has 0 fully saturated rings. The van der Waals surface area contributed by atoms with Crippen LogP contribution in [0, 0.1) is 11.3 Å². The molecule has 2 aromatic rings. The predicted molar refractivity (Wildman–Crippen MR) is 111 cm³/mol. The largest absolute Gasteiger partial charge is 0.437 e. The number of aryl methyl sites for hydroxylation is 1. The molecule has 0 saturated heterocycles. The number of pyridine rings is 1. The molecule has 0 atom stereocenters. The Hall–Kier alpha value is -3.40. The predicted octanol–water partition coefficient (Wildman–Crippen LogP) is 4.66. The van der Waals surface area contributed by atoms with Crippen LogP contribution in [0.25, 0.3) is 16.7 Å². The fraction of sp³-hybridized carbons (Fsp3) is 0.318. The zero-order valence-electron chi connectivity index (χ0n) is 16.5. The molecular weight excluding hydrogens is 371 g/mol. The van der Waals surface area contributed by atoms with Gasteiger partial charge in [0.1, 0.15) is 17.4 Å². The molecule has 3 rings (SSSR count). The number of fused-ring (bicyclic) bond motifs is 1. The third-order valence-corrected chi connectivity index (χ3v) is 4.67. The first-order chi connectivity index (χ1) is 14.1. The number of amides is 1. The van der Waals surface area contributed by atoms with Crippen molar-refractivity contribution in [3.63, 3.8) is 0 Å². The smallest absolute Gasteiger partial charge is 0.255 e. The topological polar surface area (TPSA) is 90.9 Å². The Morgan fingerprint density at radius 1 is 1.41 bits per heavy atom. The molecule has 1 amide bonds. The lowest BCUT2D eigenvalue weighted by atomic mass is 10.0. The summed E-state index contributed by atoms with van der Waals surface area (Å²) >= 11 is 0. The van der Waals surface area contributed by atoms with E-state index in [9.17, 15) is 9.18 Å². The lowest BCUT2D eigenvalue weighted by Crippen LogP contribution is -2.18. The standard InChI is InChI=1S/C22H23FN4O2/c1-3-14-13-17-18(21(28)25-2)19(15-7-6-8-16(23)10-9-15)29-22(17)27-20(14)26-12-5-4-11-24/h6-7,9-10,13H,3-5,8,12H2,1-2H3,(H,25,28)(H,26,27). The van der Waals surface area contributed by atoms with Crippen LogP contribution in [-0.4, -0.2) is 24.5 Å². The summed E-state index contributed by atoms with van der Waals surface area (Å²) in [5.74, 6) is 0.486. The van der Waals surface area contributed by atoms with Crippen LogP contribution in [0.1, 0.15) is 47.9 Å². The Kier molecular flexibility index (Phi) is 6.45. The van der Waals surface area contributed by atoms with E-state index in [0.29, 0.717) is 59.6 Å². The van der Waals surface area contributed by atoms with E-state index in [1.54, 1.807) is 25.3 Å². The normalized spacial score (nSPS) is 13.4. The molecule has 7 heteroatoms. The van der Waals surface area contributed by atoms with Gasteiger partial charge in [0, 0.05) is 32.0 Å². The fourth-order valence-electron chi connectivity index (χ4n) is 3.17. The van der Waals surface area contributed by atoms with Crippen molar-refractivity contribution in [1.29, 1.82) is 5.26 Å². The van der Waals surface area contributed by atoms with Gasteiger partial charge in [-0.1, -0.05) is 19.1 Å². The van der Waals surface area contributed by atoms with Crippen LogP contribution >= 0.6 is 0 Å². The van der Waals surface area contributed by atoms with Crippen LogP contribution in [0.4, 0.5) is 10.2 Å². The van der Waals surface area contributed by atoms with Crippen molar-refractivity contribution >= 4 is 28.4 Å². The lowest BCUT2D eigenvalue weighted by Gasteiger charge is -2.09. The Balaban J connectivity index is 2.12. The number of hydrogen-bond acceptors (Lipinski definition) is 5. The number of rotatable bonds is 7. The van der Waals surface area contributed by atoms with Gasteiger partial charge in [-0.05, 0) is 36.6 Å². The number of nitriles is 1. The minimum absolute atomic E-state index is 0.199. The molecule has 1 aliphatic carbocycles. The number of furan rings is 1. The van der Waals surface area contributed by atoms with E-state index >= 15 is 0 Å². The van der Waals surface area contributed by atoms with Crippen LogP contribution in [0.5, 0.6) is 0 Å². The first-order valence-electron chi connectivity index (χ1n) is 9.61. The summed E-state index contributed by atoms with van der Waals surface area (Å²) < 4.78 is 19.6. The number of hydrogen-bond donors (Lipinski definition) is 2. The zero-order chi connectivity index (χ0) is 20.8. The van der Waals surface area contributed by atoms with Crippen molar-refractivity contribution in [1.82, 2.24) is 10.3 Å². The van der Waals surface area contributed by atoms with Gasteiger partial charge in [-0.15, -0.1) is 0 Å². The highest BCUT2D eigenvalue weighted by molar-refractivity contribution is 6.10. The summed E-state index contributed by atoms with van der Waals surface area (Å²) in [6, 6.07) is 4.03. The highest BCUT2D eigenvalue weighted by Gasteiger charge is 2.24. The van der Waals surface area contributed by atoms with Crippen molar-refractivity contribution in [2.75, 3.05) is 18.9 Å². The molecule has 0 radical (unpaired) electrons. The van der Waals surface area contributed by atoms with Crippen LogP contribution < -0.4 is 10.6 Å². The van der Waals surface area contributed by atoms with Crippen LogP contribution in [-0.2, 0) is 6.42 Å². The van der Waals surface area contributed by atoms with Crippen LogP contribution in [0.3, 0.4) is 0 Å². The molecule has 0 aromatic carbocycles. The van der Waals surface area contributed by atoms with Gasteiger partial charge in [-0.3, -0.25) is 4.79 Å². The number of carbonyl (C=O) groups is 1. The van der Waals surface area contributed by atoms with Crippen LogP contribution in [0.15, 0.2) is 40.6 Å². The molecule has 0 saturated carbocycles. The number of halogens is 1. The van der Waals surface area contributed by atoms with Crippen LogP contribution in [0.2, 0.25) is 0 Å². The number of unbranched alkanes of at least 4 members (excludes halogenated alkanes) is 1. The van der Waals surface area contributed by atoms with Gasteiger partial charge < -0.3 is 15.1 Å². The average Bonchev–Trinajstić information content (AvgIpc) is 2.95. The van der Waals surface area contributed by atoms with Crippen molar-refractivity contribution in [3.05, 3.63) is 53.1 Å². The lowest BCUT2D eigenvalue weighted by molar-refractivity contribution is 0.0963. The molecule has 0 bridgehead atoms. The maximum absolute atomic E-state index is 13.6. The summed E-state index contributed by atoms with van der Waals surface area (Å²) in [6.07, 6.45) is 8.51. The van der Waals surface area contributed by atoms with Gasteiger partial charge in [0.05, 0.1) is 17.0 Å². The maximum atomic E-state index is 13.6. The van der Waals surface area contributed by atoms with E-state index in [2.05, 4.69) is 21.7 Å². The van der Waals surface area contributed by atoms with Gasteiger partial charge >= 0.3 is 0 Å². The number of nitrogens with zero attached hydrogens (tertiary/aromatic N) is 2. The van der Waals surface area contributed by atoms with Crippen molar-refractivity contribution < 1.29 is 13.6 Å². The fourth-order valence-corrected chi connectivity index (χ4v) is 3.17. The second-order valence-corrected chi connectivity index (χ2v) is 6.62. The van der Waals surface area contributed by atoms with Gasteiger partial charge in [-0.2, -0.15) is 10.2 Å². The van der Waals surface area contributed by atoms with Gasteiger partial charge in [0.15, 0.2) is 0 Å². The minimum atomic E-state index is -0.291. The highest BCUT2D eigenvalue weighted by Crippen LogP contribution is 2.34. The molecular formula is C22H23FN4O2. The molecule has 150 valence electrons. The maximum Gasteiger partial charge on any atom is 0.255 e. The minimum Gasteiger partial charge on any atom is -0.437 e. The number of nitrogens with one attached hydrogen (secondary N) is 2. The molecule has 2 aromatic heterocycles. The molecule has 0 aliphatic heterocycles. The third kappa shape index (κ3) is 4.37. The number of allylic oxidation sites excluding steroid dienone is 6. The molecule has 0 unspecified atom stereocenters. The van der Waals surface area contributed by atoms with E-state index in [1.165, 1.54) is 6.08 Å². The van der Waals surface area contributed by atoms with E-state index in [0.717, 1.165) is 5.56 Å². The van der Waals surface area contributed by atoms with Gasteiger partial charge in [0.2, 0.25) is 5.71 Å². The van der Waals surface area contributed by atoms with E-state index in [4.69, 9.17) is 9.68 Å². The first kappa shape index (κ1) is 20.3. The molecule has 2 heterocycles. The Bertz CT molecular complexity index is 1060.